The summed E-state index contributed by atoms with van der Waals surface area (Å²) >= 11 is 0. The van der Waals surface area contributed by atoms with Crippen molar-refractivity contribution in [3.63, 3.8) is 0 Å². The number of benzene rings is 2. The van der Waals surface area contributed by atoms with Gasteiger partial charge in [-0.3, -0.25) is 9.78 Å². The van der Waals surface area contributed by atoms with Crippen molar-refractivity contribution in [2.24, 2.45) is 5.10 Å². The summed E-state index contributed by atoms with van der Waals surface area (Å²) in [6, 6.07) is 15.5. The number of pyridine rings is 1. The molecular weight excluding hydrogens is 305 g/mol. The van der Waals surface area contributed by atoms with E-state index in [2.05, 4.69) is 15.5 Å². The van der Waals surface area contributed by atoms with Gasteiger partial charge in [0, 0.05) is 29.7 Å². The summed E-state index contributed by atoms with van der Waals surface area (Å²) in [7, 11) is 0. The van der Waals surface area contributed by atoms with Gasteiger partial charge in [0.1, 0.15) is 5.82 Å². The lowest BCUT2D eigenvalue weighted by atomic mass is 9.85. The van der Waals surface area contributed by atoms with E-state index >= 15 is 0 Å². The normalized spacial score (nSPS) is 17.5. The molecule has 5 heteroatoms. The molecule has 1 aliphatic rings. The average Bonchev–Trinajstić information content (AvgIpc) is 2.62. The van der Waals surface area contributed by atoms with E-state index < -0.39 is 11.7 Å². The van der Waals surface area contributed by atoms with E-state index in [1.807, 2.05) is 42.5 Å². The molecule has 0 bridgehead atoms. The molecule has 4 nitrogen and oxygen atoms in total. The van der Waals surface area contributed by atoms with Crippen LogP contribution in [-0.2, 0) is 4.79 Å². The van der Waals surface area contributed by atoms with Gasteiger partial charge in [-0.1, -0.05) is 42.5 Å². The van der Waals surface area contributed by atoms with Gasteiger partial charge in [-0.05, 0) is 16.8 Å². The van der Waals surface area contributed by atoms with Crippen molar-refractivity contribution in [2.45, 2.75) is 12.3 Å². The number of fused-ring (bicyclic) bond motifs is 1. The summed E-state index contributed by atoms with van der Waals surface area (Å²) in [4.78, 5) is 15.6. The molecule has 0 aliphatic carbocycles. The molecule has 4 rings (SSSR count). The molecule has 24 heavy (non-hydrogen) atoms. The van der Waals surface area contributed by atoms with Crippen LogP contribution in [0.1, 0.15) is 23.5 Å². The summed E-state index contributed by atoms with van der Waals surface area (Å²) in [5, 5.41) is 6.36. The van der Waals surface area contributed by atoms with E-state index in [1.54, 1.807) is 6.07 Å². The van der Waals surface area contributed by atoms with Crippen LogP contribution in [0.25, 0.3) is 10.8 Å². The third kappa shape index (κ3) is 2.44. The molecule has 2 heterocycles. The largest absolute Gasteiger partial charge is 0.273 e. The number of hydrogen-bond donors (Lipinski definition) is 1. The fraction of sp³-hybridized carbons (Fsp3) is 0.105. The van der Waals surface area contributed by atoms with Gasteiger partial charge < -0.3 is 0 Å². The van der Waals surface area contributed by atoms with Crippen LogP contribution in [0.2, 0.25) is 0 Å². The average molecular weight is 319 g/mol. The van der Waals surface area contributed by atoms with Crippen molar-refractivity contribution in [1.29, 1.82) is 0 Å². The Balaban J connectivity index is 1.91. The smallest absolute Gasteiger partial charge is 0.241 e. The first-order chi connectivity index (χ1) is 11.7. The Morgan fingerprint density at radius 1 is 1.08 bits per heavy atom. The summed E-state index contributed by atoms with van der Waals surface area (Å²) in [6.07, 6.45) is 2.86. The zero-order valence-corrected chi connectivity index (χ0v) is 12.7. The number of halogens is 1. The molecule has 1 unspecified atom stereocenters. The number of hydrazone groups is 1. The van der Waals surface area contributed by atoms with Crippen LogP contribution in [0.3, 0.4) is 0 Å². The van der Waals surface area contributed by atoms with Crippen LogP contribution in [-0.4, -0.2) is 16.6 Å². The van der Waals surface area contributed by atoms with E-state index in [0.717, 1.165) is 16.3 Å². The van der Waals surface area contributed by atoms with Crippen LogP contribution in [0.4, 0.5) is 4.39 Å². The van der Waals surface area contributed by atoms with Crippen LogP contribution in [0.15, 0.2) is 66.0 Å². The highest BCUT2D eigenvalue weighted by Gasteiger charge is 2.30. The summed E-state index contributed by atoms with van der Waals surface area (Å²) < 4.78 is 14.3. The topological polar surface area (TPSA) is 54.4 Å². The van der Waals surface area contributed by atoms with Gasteiger partial charge >= 0.3 is 0 Å². The Bertz CT molecular complexity index is 962. The molecule has 2 aromatic carbocycles. The quantitative estimate of drug-likeness (QED) is 0.787. The first kappa shape index (κ1) is 14.5. The molecule has 0 radical (unpaired) electrons. The SMILES string of the molecule is O=C1CC(c2ccncc2F)C(c2cccc3ccccc23)=NN1. The van der Waals surface area contributed by atoms with Gasteiger partial charge in [0.2, 0.25) is 5.91 Å². The number of aromatic nitrogens is 1. The number of carbonyl (C=O) groups excluding carboxylic acids is 1. The molecule has 1 N–H and O–H groups in total. The van der Waals surface area contributed by atoms with Gasteiger partial charge in [0.05, 0.1) is 11.9 Å². The highest BCUT2D eigenvalue weighted by molar-refractivity contribution is 6.15. The number of amides is 1. The molecule has 0 saturated carbocycles. The van der Waals surface area contributed by atoms with Crippen molar-refractivity contribution in [3.8, 4) is 0 Å². The van der Waals surface area contributed by atoms with E-state index in [-0.39, 0.29) is 12.3 Å². The summed E-state index contributed by atoms with van der Waals surface area (Å²) in [5.41, 5.74) is 4.52. The van der Waals surface area contributed by atoms with Gasteiger partial charge in [-0.25, -0.2) is 9.82 Å². The Morgan fingerprint density at radius 2 is 1.92 bits per heavy atom. The fourth-order valence-electron chi connectivity index (χ4n) is 3.15. The Hall–Kier alpha value is -3.08. The molecule has 0 fully saturated rings. The second-order valence-electron chi connectivity index (χ2n) is 5.71. The lowest BCUT2D eigenvalue weighted by Gasteiger charge is -2.24. The maximum absolute atomic E-state index is 14.3. The Morgan fingerprint density at radius 3 is 2.79 bits per heavy atom. The molecular formula is C19H14FN3O. The van der Waals surface area contributed by atoms with Crippen molar-refractivity contribution in [2.75, 3.05) is 0 Å². The summed E-state index contributed by atoms with van der Waals surface area (Å²) in [6.45, 7) is 0. The lowest BCUT2D eigenvalue weighted by molar-refractivity contribution is -0.121. The molecule has 0 saturated heterocycles. The standard InChI is InChI=1S/C19H14FN3O/c20-17-11-21-9-8-14(17)16-10-18(24)22-23-19(16)15-7-3-5-12-4-1-2-6-13(12)15/h1-9,11,16H,10H2,(H,22,24). The monoisotopic (exact) mass is 319 g/mol. The van der Waals surface area contributed by atoms with Gasteiger partial charge in [0.25, 0.3) is 0 Å². The second kappa shape index (κ2) is 5.85. The Labute approximate surface area is 138 Å². The van der Waals surface area contributed by atoms with Gasteiger partial charge in [-0.15, -0.1) is 0 Å². The maximum Gasteiger partial charge on any atom is 0.241 e. The third-order valence-corrected chi connectivity index (χ3v) is 4.27. The molecule has 0 spiro atoms. The zero-order valence-electron chi connectivity index (χ0n) is 12.7. The predicted octanol–water partition coefficient (Wildman–Crippen LogP) is 3.38. The molecule has 1 aliphatic heterocycles. The molecule has 1 amide bonds. The number of hydrogen-bond acceptors (Lipinski definition) is 3. The van der Waals surface area contributed by atoms with Gasteiger partial charge in [-0.2, -0.15) is 5.10 Å². The number of nitrogens with zero attached hydrogens (tertiary/aromatic N) is 2. The second-order valence-corrected chi connectivity index (χ2v) is 5.71. The van der Waals surface area contributed by atoms with Crippen LogP contribution in [0.5, 0.6) is 0 Å². The third-order valence-electron chi connectivity index (χ3n) is 4.27. The molecule has 1 atom stereocenters. The van der Waals surface area contributed by atoms with Crippen molar-refractivity contribution in [1.82, 2.24) is 10.4 Å². The zero-order chi connectivity index (χ0) is 16.5. The minimum atomic E-state index is -0.437. The highest BCUT2D eigenvalue weighted by Crippen LogP contribution is 2.31. The van der Waals surface area contributed by atoms with Crippen LogP contribution >= 0.6 is 0 Å². The number of carbonyl (C=O) groups is 1. The first-order valence-electron chi connectivity index (χ1n) is 7.68. The molecule has 118 valence electrons. The molecule has 1 aromatic heterocycles. The predicted molar refractivity (Wildman–Crippen MR) is 90.2 cm³/mol. The van der Waals surface area contributed by atoms with Crippen molar-refractivity contribution >= 4 is 22.4 Å². The lowest BCUT2D eigenvalue weighted by Crippen LogP contribution is -2.32. The highest BCUT2D eigenvalue weighted by atomic mass is 19.1. The van der Waals surface area contributed by atoms with Crippen LogP contribution in [0, 0.1) is 5.82 Å². The first-order valence-corrected chi connectivity index (χ1v) is 7.68. The number of nitrogens with one attached hydrogen (secondary N) is 1. The minimum absolute atomic E-state index is 0.156. The maximum atomic E-state index is 14.3. The van der Waals surface area contributed by atoms with Crippen LogP contribution < -0.4 is 5.43 Å². The number of rotatable bonds is 2. The summed E-state index contributed by atoms with van der Waals surface area (Å²) in [5.74, 6) is -1.09. The van der Waals surface area contributed by atoms with E-state index in [9.17, 15) is 9.18 Å². The van der Waals surface area contributed by atoms with E-state index in [1.165, 1.54) is 12.4 Å². The minimum Gasteiger partial charge on any atom is -0.273 e. The van der Waals surface area contributed by atoms with Crippen molar-refractivity contribution < 1.29 is 9.18 Å². The van der Waals surface area contributed by atoms with E-state index in [0.29, 0.717) is 11.3 Å². The van der Waals surface area contributed by atoms with Gasteiger partial charge in [0.15, 0.2) is 0 Å². The Kier molecular flexibility index (Phi) is 3.54. The fourth-order valence-corrected chi connectivity index (χ4v) is 3.15. The molecule has 3 aromatic rings. The van der Waals surface area contributed by atoms with Crippen molar-refractivity contribution in [3.05, 3.63) is 77.9 Å². The van der Waals surface area contributed by atoms with E-state index in [4.69, 9.17) is 0 Å².